The van der Waals surface area contributed by atoms with E-state index in [0.29, 0.717) is 12.8 Å². The second-order valence-corrected chi connectivity index (χ2v) is 4.55. The summed E-state index contributed by atoms with van der Waals surface area (Å²) < 4.78 is 0. The van der Waals surface area contributed by atoms with Crippen molar-refractivity contribution in [3.05, 3.63) is 60.2 Å². The van der Waals surface area contributed by atoms with Crippen molar-refractivity contribution in [2.24, 2.45) is 5.73 Å². The fraction of sp³-hybridized carbons (Fsp3) is 0.188. The third kappa shape index (κ3) is 3.66. The minimum absolute atomic E-state index is 0.458. The van der Waals surface area contributed by atoms with E-state index in [-0.39, 0.29) is 0 Å². The molecule has 0 aliphatic rings. The summed E-state index contributed by atoms with van der Waals surface area (Å²) in [5.41, 5.74) is 8.93. The van der Waals surface area contributed by atoms with Gasteiger partial charge in [-0.25, -0.2) is 0 Å². The van der Waals surface area contributed by atoms with Crippen molar-refractivity contribution in [1.29, 1.82) is 0 Å². The van der Waals surface area contributed by atoms with Crippen LogP contribution in [-0.4, -0.2) is 17.1 Å². The molecular weight excluding hydrogens is 238 g/mol. The van der Waals surface area contributed by atoms with Crippen molar-refractivity contribution in [1.82, 2.24) is 0 Å². The van der Waals surface area contributed by atoms with Crippen molar-refractivity contribution < 1.29 is 9.90 Å². The quantitative estimate of drug-likeness (QED) is 0.863. The van der Waals surface area contributed by atoms with Crippen LogP contribution in [-0.2, 0) is 11.2 Å². The maximum Gasteiger partial charge on any atom is 0.320 e. The highest BCUT2D eigenvalue weighted by atomic mass is 16.4. The molecule has 0 aromatic heterocycles. The summed E-state index contributed by atoms with van der Waals surface area (Å²) in [4.78, 5) is 10.6. The topological polar surface area (TPSA) is 63.3 Å². The van der Waals surface area contributed by atoms with Crippen LogP contribution < -0.4 is 5.73 Å². The number of hydrogen-bond acceptors (Lipinski definition) is 2. The Morgan fingerprint density at radius 3 is 2.16 bits per heavy atom. The number of rotatable bonds is 5. The van der Waals surface area contributed by atoms with Crippen molar-refractivity contribution in [2.75, 3.05) is 0 Å². The van der Waals surface area contributed by atoms with E-state index >= 15 is 0 Å². The number of carboxylic acids is 1. The van der Waals surface area contributed by atoms with Crippen molar-refractivity contribution >= 4 is 5.97 Å². The van der Waals surface area contributed by atoms with Crippen LogP contribution in [0.5, 0.6) is 0 Å². The maximum absolute atomic E-state index is 10.6. The average Bonchev–Trinajstić information content (AvgIpc) is 2.46. The summed E-state index contributed by atoms with van der Waals surface area (Å²) in [6.45, 7) is 0. The van der Waals surface area contributed by atoms with Crippen molar-refractivity contribution in [2.45, 2.75) is 18.9 Å². The fourth-order valence-corrected chi connectivity index (χ4v) is 1.94. The van der Waals surface area contributed by atoms with Gasteiger partial charge >= 0.3 is 5.97 Å². The Hall–Kier alpha value is -2.13. The summed E-state index contributed by atoms with van der Waals surface area (Å²) >= 11 is 0. The first kappa shape index (κ1) is 13.3. The monoisotopic (exact) mass is 255 g/mol. The SMILES string of the molecule is N[C@@H](CCc1ccc(-c2ccccc2)cc1)C(=O)O. The molecule has 0 fully saturated rings. The average molecular weight is 255 g/mol. The number of benzene rings is 2. The lowest BCUT2D eigenvalue weighted by atomic mass is 10.0. The summed E-state index contributed by atoms with van der Waals surface area (Å²) in [6, 6.07) is 17.5. The number of hydrogen-bond donors (Lipinski definition) is 2. The van der Waals surface area contributed by atoms with Gasteiger partial charge in [0.2, 0.25) is 0 Å². The zero-order valence-corrected chi connectivity index (χ0v) is 10.6. The van der Waals surface area contributed by atoms with Crippen LogP contribution in [0.1, 0.15) is 12.0 Å². The van der Waals surface area contributed by atoms with Crippen LogP contribution in [0.25, 0.3) is 11.1 Å². The van der Waals surface area contributed by atoms with Gasteiger partial charge in [0.15, 0.2) is 0 Å². The molecule has 2 aromatic carbocycles. The molecule has 0 amide bonds. The molecule has 1 atom stereocenters. The third-order valence-corrected chi connectivity index (χ3v) is 3.12. The molecule has 2 aromatic rings. The molecule has 3 nitrogen and oxygen atoms in total. The van der Waals surface area contributed by atoms with E-state index < -0.39 is 12.0 Å². The second kappa shape index (κ2) is 6.16. The van der Waals surface area contributed by atoms with Gasteiger partial charge in [0, 0.05) is 0 Å². The molecule has 0 unspecified atom stereocenters. The van der Waals surface area contributed by atoms with Crippen LogP contribution in [0.2, 0.25) is 0 Å². The first-order chi connectivity index (χ1) is 9.16. The van der Waals surface area contributed by atoms with Gasteiger partial charge in [0.25, 0.3) is 0 Å². The highest BCUT2D eigenvalue weighted by Gasteiger charge is 2.10. The molecule has 0 spiro atoms. The number of aryl methyl sites for hydroxylation is 1. The molecule has 3 N–H and O–H groups in total. The van der Waals surface area contributed by atoms with Gasteiger partial charge in [0.05, 0.1) is 0 Å². The highest BCUT2D eigenvalue weighted by Crippen LogP contribution is 2.19. The molecule has 0 aliphatic carbocycles. The molecule has 0 aliphatic heterocycles. The Balaban J connectivity index is 2.01. The van der Waals surface area contributed by atoms with E-state index in [4.69, 9.17) is 10.8 Å². The maximum atomic E-state index is 10.6. The molecule has 0 heterocycles. The Bertz CT molecular complexity index is 534. The summed E-state index contributed by atoms with van der Waals surface area (Å²) in [6.07, 6.45) is 1.14. The van der Waals surface area contributed by atoms with E-state index in [2.05, 4.69) is 24.3 Å². The van der Waals surface area contributed by atoms with Crippen molar-refractivity contribution in [3.63, 3.8) is 0 Å². The molecule has 3 heteroatoms. The molecular formula is C16H17NO2. The molecule has 0 bridgehead atoms. The predicted molar refractivity (Wildman–Crippen MR) is 75.8 cm³/mol. The standard InChI is InChI=1S/C16H17NO2/c17-15(16(18)19)11-8-12-6-9-14(10-7-12)13-4-2-1-3-5-13/h1-7,9-10,15H,8,11,17H2,(H,18,19)/t15-/m0/s1. The Morgan fingerprint density at radius 1 is 1.00 bits per heavy atom. The number of aliphatic carboxylic acids is 1. The van der Waals surface area contributed by atoms with Crippen molar-refractivity contribution in [3.8, 4) is 11.1 Å². The number of nitrogens with two attached hydrogens (primary N) is 1. The fourth-order valence-electron chi connectivity index (χ4n) is 1.94. The van der Waals surface area contributed by atoms with Gasteiger partial charge in [-0.1, -0.05) is 54.6 Å². The summed E-state index contributed by atoms with van der Waals surface area (Å²) in [5.74, 6) is -0.944. The minimum Gasteiger partial charge on any atom is -0.480 e. The molecule has 0 radical (unpaired) electrons. The van der Waals surface area contributed by atoms with Gasteiger partial charge in [-0.3, -0.25) is 4.79 Å². The van der Waals surface area contributed by atoms with E-state index in [9.17, 15) is 4.79 Å². The summed E-state index contributed by atoms with van der Waals surface area (Å²) in [5, 5.41) is 8.73. The van der Waals surface area contributed by atoms with Crippen LogP contribution in [0, 0.1) is 0 Å². The van der Waals surface area contributed by atoms with Gasteiger partial charge in [-0.15, -0.1) is 0 Å². The van der Waals surface area contributed by atoms with Crippen LogP contribution in [0.15, 0.2) is 54.6 Å². The zero-order valence-electron chi connectivity index (χ0n) is 10.6. The smallest absolute Gasteiger partial charge is 0.320 e. The van der Waals surface area contributed by atoms with E-state index in [1.807, 2.05) is 30.3 Å². The van der Waals surface area contributed by atoms with Crippen LogP contribution in [0.4, 0.5) is 0 Å². The van der Waals surface area contributed by atoms with E-state index in [1.54, 1.807) is 0 Å². The number of carbonyl (C=O) groups is 1. The first-order valence-corrected chi connectivity index (χ1v) is 6.29. The van der Waals surface area contributed by atoms with E-state index in [1.165, 1.54) is 5.56 Å². The lowest BCUT2D eigenvalue weighted by Crippen LogP contribution is -2.30. The first-order valence-electron chi connectivity index (χ1n) is 6.29. The number of carboxylic acid groups (broad SMARTS) is 1. The van der Waals surface area contributed by atoms with Gasteiger partial charge in [-0.05, 0) is 29.5 Å². The predicted octanol–water partition coefficient (Wildman–Crippen LogP) is 2.70. The van der Waals surface area contributed by atoms with Crippen LogP contribution >= 0.6 is 0 Å². The molecule has 0 saturated carbocycles. The second-order valence-electron chi connectivity index (χ2n) is 4.55. The van der Waals surface area contributed by atoms with E-state index in [0.717, 1.165) is 11.1 Å². The minimum atomic E-state index is -0.944. The lowest BCUT2D eigenvalue weighted by molar-refractivity contribution is -0.138. The highest BCUT2D eigenvalue weighted by molar-refractivity contribution is 5.73. The van der Waals surface area contributed by atoms with Crippen LogP contribution in [0.3, 0.4) is 0 Å². The Labute approximate surface area is 112 Å². The zero-order chi connectivity index (χ0) is 13.7. The van der Waals surface area contributed by atoms with Gasteiger partial charge in [0.1, 0.15) is 6.04 Å². The third-order valence-electron chi connectivity index (χ3n) is 3.12. The largest absolute Gasteiger partial charge is 0.480 e. The van der Waals surface area contributed by atoms with Gasteiger partial charge < -0.3 is 10.8 Å². The Morgan fingerprint density at radius 2 is 1.58 bits per heavy atom. The lowest BCUT2D eigenvalue weighted by Gasteiger charge is -2.07. The molecule has 98 valence electrons. The Kier molecular flexibility index (Phi) is 4.31. The van der Waals surface area contributed by atoms with Gasteiger partial charge in [-0.2, -0.15) is 0 Å². The summed E-state index contributed by atoms with van der Waals surface area (Å²) in [7, 11) is 0. The molecule has 0 saturated heterocycles. The molecule has 19 heavy (non-hydrogen) atoms. The molecule has 2 rings (SSSR count). The normalized spacial score (nSPS) is 12.1.